The predicted molar refractivity (Wildman–Crippen MR) is 106 cm³/mol. The number of carbonyl (C=O) groups excluding carboxylic acids is 1. The maximum absolute atomic E-state index is 14.3. The van der Waals surface area contributed by atoms with E-state index in [9.17, 15) is 23.5 Å². The van der Waals surface area contributed by atoms with Crippen LogP contribution in [-0.4, -0.2) is 39.6 Å². The lowest BCUT2D eigenvalue weighted by atomic mass is 9.99. The second-order valence-corrected chi connectivity index (χ2v) is 7.15. The summed E-state index contributed by atoms with van der Waals surface area (Å²) >= 11 is 0. The zero-order valence-electron chi connectivity index (χ0n) is 16.3. The Balaban J connectivity index is 1.93. The first-order valence-corrected chi connectivity index (χ1v) is 9.80. The molecule has 0 spiro atoms. The molecule has 1 fully saturated rings. The second kappa shape index (κ2) is 10.7. The van der Waals surface area contributed by atoms with E-state index < -0.39 is 18.3 Å². The molecule has 0 bridgehead atoms. The van der Waals surface area contributed by atoms with Crippen LogP contribution in [0.25, 0.3) is 0 Å². The number of nitrogens with zero attached hydrogens (tertiary/aromatic N) is 1. The standard InChI is InChI=1S/C22H27F2NO4/c23-22(24,17-8-5-11-19(26)16-17)14-7-10-18-9-6-12-20(27)25(18)15-4-2-1-3-13-21(28)29/h2,4-5,7-8,10-11,16,18,26H,1,3,6,9,12-15H2,(H,28,29)/t18-/m1/s1. The van der Waals surface area contributed by atoms with E-state index in [-0.39, 0.29) is 29.7 Å². The lowest BCUT2D eigenvalue weighted by Gasteiger charge is -2.33. The average molecular weight is 407 g/mol. The summed E-state index contributed by atoms with van der Waals surface area (Å²) < 4.78 is 28.7. The molecule has 1 aromatic carbocycles. The lowest BCUT2D eigenvalue weighted by molar-refractivity contribution is -0.137. The Kier molecular flexibility index (Phi) is 8.36. The Hall–Kier alpha value is -2.70. The lowest BCUT2D eigenvalue weighted by Crippen LogP contribution is -2.42. The minimum Gasteiger partial charge on any atom is -0.508 e. The molecular formula is C22H27F2NO4. The number of carboxylic acid groups (broad SMARTS) is 1. The summed E-state index contributed by atoms with van der Waals surface area (Å²) in [5.74, 6) is -4.16. The van der Waals surface area contributed by atoms with Crippen molar-refractivity contribution >= 4 is 11.9 Å². The van der Waals surface area contributed by atoms with Gasteiger partial charge in [0.15, 0.2) is 0 Å². The number of piperidine rings is 1. The predicted octanol–water partition coefficient (Wildman–Crippen LogP) is 4.62. The number of carbonyl (C=O) groups is 2. The number of benzene rings is 1. The number of allylic oxidation sites excluding steroid dienone is 2. The number of amides is 1. The molecule has 5 nitrogen and oxygen atoms in total. The number of likely N-dealkylation sites (tertiary alicyclic amines) is 1. The number of alkyl halides is 2. The van der Waals surface area contributed by atoms with Gasteiger partial charge in [-0.3, -0.25) is 9.59 Å². The summed E-state index contributed by atoms with van der Waals surface area (Å²) in [6.07, 6.45) is 9.35. The molecule has 1 atom stereocenters. The Bertz CT molecular complexity index is 761. The van der Waals surface area contributed by atoms with Gasteiger partial charge in [-0.2, -0.15) is 0 Å². The Morgan fingerprint density at radius 1 is 1.28 bits per heavy atom. The van der Waals surface area contributed by atoms with E-state index in [1.807, 2.05) is 12.2 Å². The third kappa shape index (κ3) is 7.33. The van der Waals surface area contributed by atoms with Crippen molar-refractivity contribution in [2.45, 2.75) is 56.9 Å². The summed E-state index contributed by atoms with van der Waals surface area (Å²) in [4.78, 5) is 24.4. The van der Waals surface area contributed by atoms with E-state index in [4.69, 9.17) is 5.11 Å². The van der Waals surface area contributed by atoms with Crippen molar-refractivity contribution in [1.29, 1.82) is 0 Å². The van der Waals surface area contributed by atoms with Crippen LogP contribution in [0.4, 0.5) is 8.78 Å². The SMILES string of the molecule is O=C(O)CCCC=CCN1C(=O)CCC[C@@H]1C=CCC(F)(F)c1cccc(O)c1. The van der Waals surface area contributed by atoms with Gasteiger partial charge in [0.05, 0.1) is 6.04 Å². The van der Waals surface area contributed by atoms with E-state index in [1.165, 1.54) is 24.3 Å². The van der Waals surface area contributed by atoms with Crippen molar-refractivity contribution < 1.29 is 28.6 Å². The number of carboxylic acids is 1. The number of phenolic OH excluding ortho intramolecular Hbond substituents is 1. The highest BCUT2D eigenvalue weighted by Gasteiger charge is 2.31. The van der Waals surface area contributed by atoms with Crippen molar-refractivity contribution in [2.75, 3.05) is 6.54 Å². The fraction of sp³-hybridized carbons (Fsp3) is 0.455. The van der Waals surface area contributed by atoms with Crippen LogP contribution in [0.2, 0.25) is 0 Å². The van der Waals surface area contributed by atoms with Crippen LogP contribution in [-0.2, 0) is 15.5 Å². The molecule has 2 rings (SSSR count). The van der Waals surface area contributed by atoms with Crippen LogP contribution in [0, 0.1) is 0 Å². The number of halogens is 2. The van der Waals surface area contributed by atoms with Crippen LogP contribution in [0.15, 0.2) is 48.6 Å². The quantitative estimate of drug-likeness (QED) is 0.438. The molecular weight excluding hydrogens is 380 g/mol. The van der Waals surface area contributed by atoms with Crippen molar-refractivity contribution in [1.82, 2.24) is 4.90 Å². The van der Waals surface area contributed by atoms with Gasteiger partial charge in [0.2, 0.25) is 5.91 Å². The van der Waals surface area contributed by atoms with Gasteiger partial charge in [-0.1, -0.05) is 36.4 Å². The van der Waals surface area contributed by atoms with E-state index in [1.54, 1.807) is 11.0 Å². The summed E-state index contributed by atoms with van der Waals surface area (Å²) in [5.41, 5.74) is -0.247. The summed E-state index contributed by atoms with van der Waals surface area (Å²) in [7, 11) is 0. The van der Waals surface area contributed by atoms with Gasteiger partial charge >= 0.3 is 5.97 Å². The van der Waals surface area contributed by atoms with Crippen molar-refractivity contribution in [2.24, 2.45) is 0 Å². The normalized spacial score (nSPS) is 18.1. The number of hydrogen-bond donors (Lipinski definition) is 2. The van der Waals surface area contributed by atoms with Crippen LogP contribution in [0.1, 0.15) is 50.5 Å². The fourth-order valence-corrected chi connectivity index (χ4v) is 3.29. The molecule has 0 aliphatic carbocycles. The van der Waals surface area contributed by atoms with E-state index in [2.05, 4.69) is 0 Å². The number of aliphatic carboxylic acids is 1. The molecule has 1 aromatic rings. The van der Waals surface area contributed by atoms with Crippen molar-refractivity contribution in [3.05, 3.63) is 54.1 Å². The van der Waals surface area contributed by atoms with Gasteiger partial charge in [0, 0.05) is 31.4 Å². The topological polar surface area (TPSA) is 77.8 Å². The number of aromatic hydroxyl groups is 1. The molecule has 0 aromatic heterocycles. The molecule has 0 radical (unpaired) electrons. The van der Waals surface area contributed by atoms with Gasteiger partial charge in [-0.05, 0) is 37.8 Å². The molecule has 1 aliphatic rings. The maximum atomic E-state index is 14.3. The fourth-order valence-electron chi connectivity index (χ4n) is 3.29. The molecule has 158 valence electrons. The Labute approximate surface area is 169 Å². The van der Waals surface area contributed by atoms with Gasteiger partial charge < -0.3 is 15.1 Å². The third-order valence-corrected chi connectivity index (χ3v) is 4.84. The van der Waals surface area contributed by atoms with E-state index in [0.29, 0.717) is 32.2 Å². The third-order valence-electron chi connectivity index (χ3n) is 4.84. The molecule has 1 amide bonds. The number of phenols is 1. The molecule has 1 saturated heterocycles. The van der Waals surface area contributed by atoms with E-state index >= 15 is 0 Å². The molecule has 2 N–H and O–H groups in total. The van der Waals surface area contributed by atoms with Crippen LogP contribution >= 0.6 is 0 Å². The summed E-state index contributed by atoms with van der Waals surface area (Å²) in [6, 6.07) is 4.82. The maximum Gasteiger partial charge on any atom is 0.303 e. The summed E-state index contributed by atoms with van der Waals surface area (Å²) in [5, 5.41) is 18.0. The first kappa shape index (κ1) is 22.6. The van der Waals surface area contributed by atoms with Gasteiger partial charge in [-0.25, -0.2) is 8.78 Å². The minimum atomic E-state index is -3.11. The van der Waals surface area contributed by atoms with Gasteiger partial charge in [-0.15, -0.1) is 0 Å². The first-order valence-electron chi connectivity index (χ1n) is 9.80. The van der Waals surface area contributed by atoms with Crippen LogP contribution in [0.5, 0.6) is 5.75 Å². The second-order valence-electron chi connectivity index (χ2n) is 7.15. The smallest absolute Gasteiger partial charge is 0.303 e. The van der Waals surface area contributed by atoms with Crippen molar-refractivity contribution in [3.8, 4) is 5.75 Å². The van der Waals surface area contributed by atoms with Crippen LogP contribution < -0.4 is 0 Å². The highest BCUT2D eigenvalue weighted by atomic mass is 19.3. The molecule has 1 heterocycles. The van der Waals surface area contributed by atoms with Crippen molar-refractivity contribution in [3.63, 3.8) is 0 Å². The first-order chi connectivity index (χ1) is 13.8. The largest absolute Gasteiger partial charge is 0.508 e. The zero-order chi connectivity index (χ0) is 21.3. The minimum absolute atomic E-state index is 0.0131. The highest BCUT2D eigenvalue weighted by molar-refractivity contribution is 5.77. The molecule has 0 unspecified atom stereocenters. The average Bonchev–Trinajstić information content (AvgIpc) is 2.66. The molecule has 7 heteroatoms. The summed E-state index contributed by atoms with van der Waals surface area (Å²) in [6.45, 7) is 0.379. The number of hydrogen-bond acceptors (Lipinski definition) is 3. The molecule has 29 heavy (non-hydrogen) atoms. The zero-order valence-corrected chi connectivity index (χ0v) is 16.3. The van der Waals surface area contributed by atoms with E-state index in [0.717, 1.165) is 12.5 Å². The molecule has 1 aliphatic heterocycles. The monoisotopic (exact) mass is 407 g/mol. The highest BCUT2D eigenvalue weighted by Crippen LogP contribution is 2.34. The Morgan fingerprint density at radius 3 is 2.79 bits per heavy atom. The number of rotatable bonds is 10. The molecule has 0 saturated carbocycles. The van der Waals surface area contributed by atoms with Crippen LogP contribution in [0.3, 0.4) is 0 Å². The Morgan fingerprint density at radius 2 is 2.07 bits per heavy atom. The van der Waals surface area contributed by atoms with Gasteiger partial charge in [0.25, 0.3) is 5.92 Å². The van der Waals surface area contributed by atoms with Gasteiger partial charge in [0.1, 0.15) is 5.75 Å². The number of unbranched alkanes of at least 4 members (excludes halogenated alkanes) is 1.